The highest BCUT2D eigenvalue weighted by Gasteiger charge is 2.36. The van der Waals surface area contributed by atoms with E-state index in [2.05, 4.69) is 53.7 Å². The first kappa shape index (κ1) is 16.6. The Bertz CT molecular complexity index is 476. The molecule has 2 rings (SSSR count). The highest BCUT2D eigenvalue weighted by molar-refractivity contribution is 7.99. The molecule has 1 aliphatic rings. The lowest BCUT2D eigenvalue weighted by atomic mass is 9.97. The largest absolute Gasteiger partial charge is 0.355 e. The fourth-order valence-electron chi connectivity index (χ4n) is 2.47. The number of aryl methyl sites for hydroxylation is 1. The number of hydrogen-bond acceptors (Lipinski definition) is 4. The van der Waals surface area contributed by atoms with Crippen LogP contribution in [0.15, 0.2) is 17.1 Å². The summed E-state index contributed by atoms with van der Waals surface area (Å²) < 4.78 is 0. The molecule has 1 aromatic heterocycles. The minimum Gasteiger partial charge on any atom is -0.355 e. The van der Waals surface area contributed by atoms with Gasteiger partial charge in [-0.05, 0) is 45.3 Å². The third-order valence-electron chi connectivity index (χ3n) is 4.07. The van der Waals surface area contributed by atoms with Crippen LogP contribution in [0.2, 0.25) is 0 Å². The lowest BCUT2D eigenvalue weighted by Crippen LogP contribution is -2.54. The molecule has 118 valence electrons. The number of rotatable bonds is 5. The molecule has 21 heavy (non-hydrogen) atoms. The monoisotopic (exact) mass is 326 g/mol. The zero-order valence-corrected chi connectivity index (χ0v) is 15.0. The summed E-state index contributed by atoms with van der Waals surface area (Å²) in [5.74, 6) is 3.33. The maximum Gasteiger partial charge on any atom is 0.191 e. The normalized spacial score (nSPS) is 22.8. The topological polar surface area (TPSA) is 39.7 Å². The first-order chi connectivity index (χ1) is 10.1. The van der Waals surface area contributed by atoms with Crippen molar-refractivity contribution in [3.63, 3.8) is 0 Å². The van der Waals surface area contributed by atoms with E-state index in [1.165, 1.54) is 27.7 Å². The molecule has 0 amide bonds. The van der Waals surface area contributed by atoms with Crippen molar-refractivity contribution in [3.05, 3.63) is 21.9 Å². The molecule has 0 bridgehead atoms. The van der Waals surface area contributed by atoms with Crippen molar-refractivity contribution in [2.45, 2.75) is 25.4 Å². The number of thiophene rings is 1. The molecule has 0 aliphatic carbocycles. The number of hydrogen-bond donors (Lipinski definition) is 2. The lowest BCUT2D eigenvalue weighted by molar-refractivity contribution is 0.183. The van der Waals surface area contributed by atoms with E-state index in [9.17, 15) is 0 Å². The molecule has 0 spiro atoms. The zero-order chi connectivity index (χ0) is 15.3. The number of likely N-dealkylation sites (N-methyl/N-ethyl adjacent to an activating group) is 1. The highest BCUT2D eigenvalue weighted by atomic mass is 32.2. The number of guanidine groups is 1. The maximum absolute atomic E-state index is 4.34. The van der Waals surface area contributed by atoms with E-state index >= 15 is 0 Å². The maximum atomic E-state index is 4.34. The third-order valence-corrected chi connectivity index (χ3v) is 6.30. The smallest absolute Gasteiger partial charge is 0.191 e. The fourth-order valence-corrected chi connectivity index (χ4v) is 4.85. The van der Waals surface area contributed by atoms with E-state index < -0.39 is 0 Å². The molecule has 1 aliphatic heterocycles. The van der Waals surface area contributed by atoms with Crippen LogP contribution in [-0.2, 0) is 6.54 Å². The van der Waals surface area contributed by atoms with Crippen LogP contribution in [-0.4, -0.2) is 55.6 Å². The van der Waals surface area contributed by atoms with Crippen molar-refractivity contribution in [1.29, 1.82) is 0 Å². The Hall–Kier alpha value is -0.720. The SMILES string of the molecule is CN=C(NCc1ccc(C)s1)NCC1(N(C)C)CCSC1. The number of nitrogens with one attached hydrogen (secondary N) is 2. The summed E-state index contributed by atoms with van der Waals surface area (Å²) in [6.45, 7) is 3.91. The van der Waals surface area contributed by atoms with Gasteiger partial charge >= 0.3 is 0 Å². The summed E-state index contributed by atoms with van der Waals surface area (Å²) in [5.41, 5.74) is 0.252. The first-order valence-corrected chi connectivity index (χ1v) is 9.28. The molecule has 0 radical (unpaired) electrons. The van der Waals surface area contributed by atoms with Crippen LogP contribution in [0.3, 0.4) is 0 Å². The molecule has 2 heterocycles. The van der Waals surface area contributed by atoms with Gasteiger partial charge in [-0.3, -0.25) is 4.99 Å². The van der Waals surface area contributed by atoms with Crippen LogP contribution >= 0.6 is 23.1 Å². The second kappa shape index (κ2) is 7.51. The fraction of sp³-hybridized carbons (Fsp3) is 0.667. The van der Waals surface area contributed by atoms with Crippen molar-refractivity contribution in [3.8, 4) is 0 Å². The molecule has 1 atom stereocenters. The van der Waals surface area contributed by atoms with Gasteiger partial charge in [0.2, 0.25) is 0 Å². The summed E-state index contributed by atoms with van der Waals surface area (Å²) >= 11 is 3.87. The van der Waals surface area contributed by atoms with Gasteiger partial charge in [-0.1, -0.05) is 0 Å². The van der Waals surface area contributed by atoms with Gasteiger partial charge in [-0.25, -0.2) is 0 Å². The van der Waals surface area contributed by atoms with Crippen LogP contribution in [0, 0.1) is 6.92 Å². The van der Waals surface area contributed by atoms with Gasteiger partial charge in [0, 0.05) is 34.6 Å². The third kappa shape index (κ3) is 4.37. The van der Waals surface area contributed by atoms with E-state index in [4.69, 9.17) is 0 Å². The van der Waals surface area contributed by atoms with Crippen molar-refractivity contribution >= 4 is 29.1 Å². The standard InChI is InChI=1S/C15H26N4S2/c1-12-5-6-13(21-12)9-17-14(16-2)18-10-15(19(3)4)7-8-20-11-15/h5-6H,7-11H2,1-4H3,(H2,16,17,18). The molecule has 1 saturated heterocycles. The average molecular weight is 327 g/mol. The van der Waals surface area contributed by atoms with Crippen LogP contribution in [0.5, 0.6) is 0 Å². The van der Waals surface area contributed by atoms with E-state index in [1.807, 2.05) is 30.1 Å². The molecule has 0 saturated carbocycles. The van der Waals surface area contributed by atoms with Gasteiger partial charge in [0.1, 0.15) is 0 Å². The Balaban J connectivity index is 1.85. The van der Waals surface area contributed by atoms with Crippen LogP contribution in [0.1, 0.15) is 16.2 Å². The Morgan fingerprint density at radius 2 is 2.19 bits per heavy atom. The molecule has 2 N–H and O–H groups in total. The van der Waals surface area contributed by atoms with Gasteiger partial charge in [0.25, 0.3) is 0 Å². The summed E-state index contributed by atoms with van der Waals surface area (Å²) in [6, 6.07) is 4.34. The number of aliphatic imine (C=N–C) groups is 1. The summed E-state index contributed by atoms with van der Waals surface area (Å²) in [5, 5.41) is 6.90. The molecule has 0 aromatic carbocycles. The average Bonchev–Trinajstić information content (AvgIpc) is 3.09. The molecule has 1 unspecified atom stereocenters. The van der Waals surface area contributed by atoms with Gasteiger partial charge < -0.3 is 15.5 Å². The number of thioether (sulfide) groups is 1. The summed E-state index contributed by atoms with van der Waals surface area (Å²) in [4.78, 5) is 9.39. The Labute approximate surface area is 136 Å². The molecule has 1 fully saturated rings. The predicted molar refractivity (Wildman–Crippen MR) is 95.6 cm³/mol. The van der Waals surface area contributed by atoms with Crippen LogP contribution in [0.25, 0.3) is 0 Å². The van der Waals surface area contributed by atoms with E-state index in [0.29, 0.717) is 0 Å². The second-order valence-corrected chi connectivity index (χ2v) is 8.19. The number of nitrogens with zero attached hydrogens (tertiary/aromatic N) is 2. The lowest BCUT2D eigenvalue weighted by Gasteiger charge is -2.36. The Morgan fingerprint density at radius 1 is 1.38 bits per heavy atom. The second-order valence-electron chi connectivity index (χ2n) is 5.71. The molecular weight excluding hydrogens is 300 g/mol. The van der Waals surface area contributed by atoms with Gasteiger partial charge in [0.15, 0.2) is 5.96 Å². The van der Waals surface area contributed by atoms with Gasteiger partial charge in [-0.15, -0.1) is 11.3 Å². The van der Waals surface area contributed by atoms with Crippen LogP contribution in [0.4, 0.5) is 0 Å². The summed E-state index contributed by atoms with van der Waals surface area (Å²) in [7, 11) is 6.19. The van der Waals surface area contributed by atoms with E-state index in [-0.39, 0.29) is 5.54 Å². The molecular formula is C15H26N4S2. The Morgan fingerprint density at radius 3 is 2.71 bits per heavy atom. The van der Waals surface area contributed by atoms with Crippen molar-refractivity contribution in [1.82, 2.24) is 15.5 Å². The van der Waals surface area contributed by atoms with Crippen LogP contribution < -0.4 is 10.6 Å². The first-order valence-electron chi connectivity index (χ1n) is 7.31. The molecule has 4 nitrogen and oxygen atoms in total. The predicted octanol–water partition coefficient (Wildman–Crippen LogP) is 2.16. The minimum atomic E-state index is 0.252. The van der Waals surface area contributed by atoms with E-state index in [0.717, 1.165) is 19.0 Å². The quantitative estimate of drug-likeness (QED) is 0.642. The highest BCUT2D eigenvalue weighted by Crippen LogP contribution is 2.31. The van der Waals surface area contributed by atoms with Crippen molar-refractivity contribution in [2.75, 3.05) is 39.2 Å². The van der Waals surface area contributed by atoms with Crippen molar-refractivity contribution in [2.24, 2.45) is 4.99 Å². The minimum absolute atomic E-state index is 0.252. The molecule has 1 aromatic rings. The van der Waals surface area contributed by atoms with Crippen molar-refractivity contribution < 1.29 is 0 Å². The van der Waals surface area contributed by atoms with E-state index in [1.54, 1.807) is 0 Å². The van der Waals surface area contributed by atoms with Gasteiger partial charge in [0.05, 0.1) is 6.54 Å². The Kier molecular flexibility index (Phi) is 5.96. The summed E-state index contributed by atoms with van der Waals surface area (Å²) in [6.07, 6.45) is 1.23. The molecule has 6 heteroatoms. The zero-order valence-electron chi connectivity index (χ0n) is 13.4. The van der Waals surface area contributed by atoms with Gasteiger partial charge in [-0.2, -0.15) is 11.8 Å².